The van der Waals surface area contributed by atoms with E-state index in [1.165, 1.54) is 12.1 Å². The van der Waals surface area contributed by atoms with E-state index in [2.05, 4.69) is 15.1 Å². The van der Waals surface area contributed by atoms with Crippen LogP contribution in [0.4, 0.5) is 10.2 Å². The largest absolute Gasteiger partial charge is 0.507 e. The molecule has 2 aromatic heterocycles. The zero-order valence-corrected chi connectivity index (χ0v) is 17.7. The first-order valence-corrected chi connectivity index (χ1v) is 10.5. The van der Waals surface area contributed by atoms with Crippen LogP contribution in [0.2, 0.25) is 0 Å². The molecular formula is C23H25FN4O3. The van der Waals surface area contributed by atoms with Gasteiger partial charge in [-0.1, -0.05) is 0 Å². The number of aromatic nitrogens is 2. The maximum atomic E-state index is 15.1. The topological polar surface area (TPSA) is 82.7 Å². The predicted molar refractivity (Wildman–Crippen MR) is 116 cm³/mol. The van der Waals surface area contributed by atoms with E-state index in [1.807, 2.05) is 19.0 Å². The maximum Gasteiger partial charge on any atom is 0.192 e. The minimum absolute atomic E-state index is 0.0386. The highest BCUT2D eigenvalue weighted by atomic mass is 19.1. The zero-order chi connectivity index (χ0) is 21.9. The highest BCUT2D eigenvalue weighted by Gasteiger charge is 2.47. The molecule has 4 heterocycles. The van der Waals surface area contributed by atoms with Gasteiger partial charge in [-0.05, 0) is 51.4 Å². The molecule has 0 saturated carbocycles. The third-order valence-electron chi connectivity index (χ3n) is 6.90. The van der Waals surface area contributed by atoms with Gasteiger partial charge in [-0.2, -0.15) is 0 Å². The summed E-state index contributed by atoms with van der Waals surface area (Å²) in [6.45, 7) is 1.68. The molecule has 2 fully saturated rings. The Labute approximate surface area is 179 Å². The van der Waals surface area contributed by atoms with Crippen molar-refractivity contribution in [3.05, 3.63) is 46.3 Å². The monoisotopic (exact) mass is 424 g/mol. The van der Waals surface area contributed by atoms with Crippen molar-refractivity contribution < 1.29 is 13.9 Å². The Morgan fingerprint density at radius 1 is 1.23 bits per heavy atom. The van der Waals surface area contributed by atoms with Crippen LogP contribution in [0.1, 0.15) is 25.0 Å². The zero-order valence-electron chi connectivity index (χ0n) is 17.7. The SMILES string of the molecule is Cc1cc(=O)c2cc(-c3ccc(N(C)[C@@H]4CC5CCC([C@@H]4F)N5C)nn3)c(O)cc2o1. The van der Waals surface area contributed by atoms with Crippen LogP contribution in [0.5, 0.6) is 5.75 Å². The van der Waals surface area contributed by atoms with Crippen molar-refractivity contribution in [3.63, 3.8) is 0 Å². The lowest BCUT2D eigenvalue weighted by Crippen LogP contribution is -2.56. The average molecular weight is 424 g/mol. The van der Waals surface area contributed by atoms with Crippen molar-refractivity contribution in [3.8, 4) is 17.0 Å². The molecule has 2 aliphatic heterocycles. The molecule has 7 nitrogen and oxygen atoms in total. The summed E-state index contributed by atoms with van der Waals surface area (Å²) in [4.78, 5) is 16.3. The molecule has 162 valence electrons. The van der Waals surface area contributed by atoms with Gasteiger partial charge in [-0.3, -0.25) is 9.69 Å². The van der Waals surface area contributed by atoms with Crippen molar-refractivity contribution in [2.24, 2.45) is 0 Å². The highest BCUT2D eigenvalue weighted by Crippen LogP contribution is 2.39. The number of alkyl halides is 1. The quantitative estimate of drug-likeness (QED) is 0.691. The van der Waals surface area contributed by atoms with E-state index in [0.717, 1.165) is 19.3 Å². The Hall–Kier alpha value is -3.00. The fourth-order valence-electron chi connectivity index (χ4n) is 5.09. The van der Waals surface area contributed by atoms with E-state index in [0.29, 0.717) is 39.8 Å². The summed E-state index contributed by atoms with van der Waals surface area (Å²) in [6.07, 6.45) is 1.74. The van der Waals surface area contributed by atoms with Gasteiger partial charge in [0, 0.05) is 36.8 Å². The van der Waals surface area contributed by atoms with Gasteiger partial charge in [0.25, 0.3) is 0 Å². The summed E-state index contributed by atoms with van der Waals surface area (Å²) in [5, 5.41) is 19.4. The molecule has 1 aromatic carbocycles. The molecule has 8 heteroatoms. The molecule has 31 heavy (non-hydrogen) atoms. The Morgan fingerprint density at radius 2 is 2.03 bits per heavy atom. The van der Waals surface area contributed by atoms with Gasteiger partial charge in [0.15, 0.2) is 11.2 Å². The van der Waals surface area contributed by atoms with Crippen molar-refractivity contribution in [1.82, 2.24) is 15.1 Å². The van der Waals surface area contributed by atoms with E-state index in [4.69, 9.17) is 4.42 Å². The number of anilines is 1. The summed E-state index contributed by atoms with van der Waals surface area (Å²) in [6, 6.07) is 8.02. The Bertz CT molecular complexity index is 1200. The van der Waals surface area contributed by atoms with Crippen LogP contribution >= 0.6 is 0 Å². The van der Waals surface area contributed by atoms with Gasteiger partial charge in [0.05, 0.1) is 17.1 Å². The van der Waals surface area contributed by atoms with Gasteiger partial charge >= 0.3 is 0 Å². The molecule has 0 spiro atoms. The number of aryl methyl sites for hydroxylation is 1. The second-order valence-corrected chi connectivity index (χ2v) is 8.69. The van der Waals surface area contributed by atoms with Crippen molar-refractivity contribution in [2.45, 2.75) is 50.5 Å². The molecule has 0 amide bonds. The number of aromatic hydroxyl groups is 1. The highest BCUT2D eigenvalue weighted by molar-refractivity contribution is 5.86. The van der Waals surface area contributed by atoms with Gasteiger partial charge in [-0.25, -0.2) is 4.39 Å². The number of halogens is 1. The molecule has 2 saturated heterocycles. The number of piperidine rings is 1. The lowest BCUT2D eigenvalue weighted by atomic mass is 9.95. The fourth-order valence-corrected chi connectivity index (χ4v) is 5.09. The van der Waals surface area contributed by atoms with Gasteiger partial charge < -0.3 is 14.4 Å². The van der Waals surface area contributed by atoms with Gasteiger partial charge in [0.2, 0.25) is 0 Å². The molecule has 2 unspecified atom stereocenters. The van der Waals surface area contributed by atoms with Crippen LogP contribution in [0.3, 0.4) is 0 Å². The lowest BCUT2D eigenvalue weighted by molar-refractivity contribution is 0.0701. The summed E-state index contributed by atoms with van der Waals surface area (Å²) in [5.41, 5.74) is 0.958. The number of phenolic OH excluding ortho intramolecular Hbond substituents is 1. The predicted octanol–water partition coefficient (Wildman–Crippen LogP) is 3.27. The smallest absolute Gasteiger partial charge is 0.192 e. The first kappa shape index (κ1) is 19.9. The summed E-state index contributed by atoms with van der Waals surface area (Å²) < 4.78 is 20.7. The second kappa shape index (κ2) is 7.30. The van der Waals surface area contributed by atoms with Crippen LogP contribution in [-0.4, -0.2) is 58.6 Å². The maximum absolute atomic E-state index is 15.1. The van der Waals surface area contributed by atoms with Gasteiger partial charge in [0.1, 0.15) is 23.3 Å². The van der Waals surface area contributed by atoms with Crippen molar-refractivity contribution in [2.75, 3.05) is 19.0 Å². The number of phenols is 1. The third kappa shape index (κ3) is 3.26. The number of rotatable bonds is 3. The first-order chi connectivity index (χ1) is 14.8. The lowest BCUT2D eigenvalue weighted by Gasteiger charge is -2.43. The molecule has 2 bridgehead atoms. The van der Waals surface area contributed by atoms with Crippen LogP contribution in [-0.2, 0) is 0 Å². The normalized spacial score (nSPS) is 25.8. The third-order valence-corrected chi connectivity index (χ3v) is 6.90. The Balaban J connectivity index is 1.44. The van der Waals surface area contributed by atoms with E-state index < -0.39 is 6.17 Å². The number of benzene rings is 1. The average Bonchev–Trinajstić information content (AvgIpc) is 3.00. The standard InChI is InChI=1S/C23H25FN4O3/c1-12-8-19(29)15-10-14(20(30)11-21(15)31-12)16-5-7-22(26-25-16)28(3)18-9-13-4-6-17(23(18)24)27(13)2/h5,7-8,10-11,13,17-18,23,30H,4,6,9H2,1-3H3/t13?,17?,18-,23+/m1/s1. The molecule has 0 aliphatic carbocycles. The van der Waals surface area contributed by atoms with Crippen molar-refractivity contribution in [1.29, 1.82) is 0 Å². The van der Waals surface area contributed by atoms with Crippen molar-refractivity contribution >= 4 is 16.8 Å². The number of fused-ring (bicyclic) bond motifs is 3. The number of hydrogen-bond donors (Lipinski definition) is 1. The molecular weight excluding hydrogens is 399 g/mol. The minimum Gasteiger partial charge on any atom is -0.507 e. The minimum atomic E-state index is -0.942. The van der Waals surface area contributed by atoms with E-state index in [9.17, 15) is 9.90 Å². The molecule has 4 atom stereocenters. The van der Waals surface area contributed by atoms with Crippen LogP contribution in [0, 0.1) is 6.92 Å². The van der Waals surface area contributed by atoms with Crippen LogP contribution < -0.4 is 10.3 Å². The number of nitrogens with zero attached hydrogens (tertiary/aromatic N) is 4. The second-order valence-electron chi connectivity index (χ2n) is 8.69. The Kier molecular flexibility index (Phi) is 4.69. The van der Waals surface area contributed by atoms with Crippen LogP contribution in [0.25, 0.3) is 22.2 Å². The number of hydrogen-bond acceptors (Lipinski definition) is 7. The van der Waals surface area contributed by atoms with E-state index >= 15 is 4.39 Å². The van der Waals surface area contributed by atoms with Crippen LogP contribution in [0.15, 0.2) is 39.5 Å². The summed E-state index contributed by atoms with van der Waals surface area (Å²) >= 11 is 0. The van der Waals surface area contributed by atoms with E-state index in [1.54, 1.807) is 25.1 Å². The first-order valence-electron chi connectivity index (χ1n) is 10.5. The summed E-state index contributed by atoms with van der Waals surface area (Å²) in [5.74, 6) is 1.01. The molecule has 0 radical (unpaired) electrons. The van der Waals surface area contributed by atoms with Gasteiger partial charge in [-0.15, -0.1) is 10.2 Å². The van der Waals surface area contributed by atoms with E-state index in [-0.39, 0.29) is 23.3 Å². The molecule has 2 aliphatic rings. The Morgan fingerprint density at radius 3 is 2.77 bits per heavy atom. The molecule has 5 rings (SSSR count). The molecule has 3 aromatic rings. The fraction of sp³-hybridized carbons (Fsp3) is 0.435. The molecule has 1 N–H and O–H groups in total. The summed E-state index contributed by atoms with van der Waals surface area (Å²) in [7, 11) is 3.87.